The number of nitrogens with zero attached hydrogens (tertiary/aromatic N) is 4. The smallest absolute Gasteiger partial charge is 0.258 e. The van der Waals surface area contributed by atoms with E-state index in [0.29, 0.717) is 19.1 Å². The van der Waals surface area contributed by atoms with Gasteiger partial charge >= 0.3 is 0 Å². The van der Waals surface area contributed by atoms with Crippen LogP contribution in [0, 0.1) is 13.8 Å². The average Bonchev–Trinajstić information content (AvgIpc) is 3.66. The number of rotatable bonds is 3. The molecule has 206 valence electrons. The van der Waals surface area contributed by atoms with Gasteiger partial charge in [-0.15, -0.1) is 0 Å². The Morgan fingerprint density at radius 2 is 1.75 bits per heavy atom. The van der Waals surface area contributed by atoms with Crippen molar-refractivity contribution in [1.82, 2.24) is 4.90 Å². The SMILES string of the molecule is CC1=NCN(c2ccc(-c3ccc(C(=O)N4CCc5cc6c(cc54)C4(CCN(C)CC4)CO6)cc3C)cc2C)O1. The quantitative estimate of drug-likeness (QED) is 0.433. The van der Waals surface area contributed by atoms with Crippen LogP contribution < -0.4 is 14.7 Å². The summed E-state index contributed by atoms with van der Waals surface area (Å²) in [6.07, 6.45) is 3.06. The van der Waals surface area contributed by atoms with Crippen LogP contribution in [0.15, 0.2) is 53.5 Å². The summed E-state index contributed by atoms with van der Waals surface area (Å²) in [5.41, 5.74) is 9.84. The molecule has 40 heavy (non-hydrogen) atoms. The minimum Gasteiger partial charge on any atom is -0.492 e. The monoisotopic (exact) mass is 536 g/mol. The maximum atomic E-state index is 13.9. The van der Waals surface area contributed by atoms with Gasteiger partial charge in [-0.3, -0.25) is 4.79 Å². The van der Waals surface area contributed by atoms with E-state index in [9.17, 15) is 4.79 Å². The van der Waals surface area contributed by atoms with Crippen molar-refractivity contribution in [3.8, 4) is 16.9 Å². The third-order valence-corrected chi connectivity index (χ3v) is 9.25. The van der Waals surface area contributed by atoms with E-state index >= 15 is 0 Å². The second kappa shape index (κ2) is 9.37. The number of hydroxylamine groups is 1. The largest absolute Gasteiger partial charge is 0.492 e. The number of likely N-dealkylation sites (tertiary alicyclic amines) is 1. The van der Waals surface area contributed by atoms with Crippen molar-refractivity contribution in [3.63, 3.8) is 0 Å². The molecule has 1 spiro atoms. The lowest BCUT2D eigenvalue weighted by atomic mass is 9.74. The molecule has 3 aromatic rings. The van der Waals surface area contributed by atoms with Gasteiger partial charge in [0.05, 0.1) is 12.3 Å². The predicted octanol–water partition coefficient (Wildman–Crippen LogP) is 5.66. The number of anilines is 2. The third kappa shape index (κ3) is 4.06. The van der Waals surface area contributed by atoms with Gasteiger partial charge in [-0.05, 0) is 117 Å². The zero-order valence-electron chi connectivity index (χ0n) is 23.8. The lowest BCUT2D eigenvalue weighted by Gasteiger charge is -2.37. The first-order valence-electron chi connectivity index (χ1n) is 14.3. The first kappa shape index (κ1) is 25.1. The van der Waals surface area contributed by atoms with Gasteiger partial charge in [-0.1, -0.05) is 12.1 Å². The van der Waals surface area contributed by atoms with Crippen LogP contribution in [0.25, 0.3) is 11.1 Å². The van der Waals surface area contributed by atoms with E-state index in [1.165, 1.54) is 11.1 Å². The second-order valence-electron chi connectivity index (χ2n) is 11.9. The summed E-state index contributed by atoms with van der Waals surface area (Å²) in [5.74, 6) is 1.77. The van der Waals surface area contributed by atoms with Crippen LogP contribution in [-0.2, 0) is 16.7 Å². The van der Waals surface area contributed by atoms with E-state index in [0.717, 1.165) is 83.9 Å². The van der Waals surface area contributed by atoms with Gasteiger partial charge in [0.1, 0.15) is 12.4 Å². The molecule has 0 aromatic heterocycles. The number of amides is 1. The van der Waals surface area contributed by atoms with Crippen molar-refractivity contribution in [2.45, 2.75) is 45.4 Å². The fourth-order valence-electron chi connectivity index (χ4n) is 6.80. The van der Waals surface area contributed by atoms with E-state index in [1.54, 1.807) is 0 Å². The van der Waals surface area contributed by atoms with E-state index < -0.39 is 0 Å². The minimum atomic E-state index is 0.0674. The second-order valence-corrected chi connectivity index (χ2v) is 11.9. The number of benzene rings is 3. The number of ether oxygens (including phenoxy) is 1. The standard InChI is InChI=1S/C33H36N4O3/c1-21-15-26(5-7-27(21)24-6-8-29(22(2)16-24)37-20-34-23(3)40-37)32(38)36-12-9-25-17-31-28(18-30(25)36)33(19-39-31)10-13-35(4)14-11-33/h5-8,15-18H,9-14,19-20H2,1-4H3. The van der Waals surface area contributed by atoms with Crippen molar-refractivity contribution < 1.29 is 14.4 Å². The number of carbonyl (C=O) groups is 1. The highest BCUT2D eigenvalue weighted by molar-refractivity contribution is 6.08. The molecule has 1 fully saturated rings. The molecule has 1 amide bonds. The molecule has 0 aliphatic carbocycles. The molecule has 7 heteroatoms. The number of piperidine rings is 1. The summed E-state index contributed by atoms with van der Waals surface area (Å²) < 4.78 is 6.22. The Kier molecular flexibility index (Phi) is 5.89. The van der Waals surface area contributed by atoms with Gasteiger partial charge in [0, 0.05) is 35.7 Å². The Bertz CT molecular complexity index is 1550. The zero-order valence-corrected chi connectivity index (χ0v) is 23.8. The summed E-state index contributed by atoms with van der Waals surface area (Å²) in [6, 6.07) is 16.9. The van der Waals surface area contributed by atoms with E-state index in [2.05, 4.69) is 67.2 Å². The molecular weight excluding hydrogens is 500 g/mol. The van der Waals surface area contributed by atoms with Crippen molar-refractivity contribution in [2.24, 2.45) is 4.99 Å². The summed E-state index contributed by atoms with van der Waals surface area (Å²) in [5, 5.41) is 1.81. The van der Waals surface area contributed by atoms with E-state index in [1.807, 2.05) is 29.0 Å². The predicted molar refractivity (Wildman–Crippen MR) is 159 cm³/mol. The molecule has 1 saturated heterocycles. The Morgan fingerprint density at radius 1 is 0.925 bits per heavy atom. The van der Waals surface area contributed by atoms with Gasteiger partial charge < -0.3 is 19.4 Å². The Morgan fingerprint density at radius 3 is 2.48 bits per heavy atom. The molecule has 0 bridgehead atoms. The minimum absolute atomic E-state index is 0.0674. The van der Waals surface area contributed by atoms with Crippen LogP contribution in [0.3, 0.4) is 0 Å². The van der Waals surface area contributed by atoms with Crippen molar-refractivity contribution in [1.29, 1.82) is 0 Å². The number of fused-ring (bicyclic) bond motifs is 3. The molecule has 0 radical (unpaired) electrons. The number of aliphatic imine (C=N–C) groups is 1. The highest BCUT2D eigenvalue weighted by atomic mass is 16.7. The number of hydrogen-bond donors (Lipinski definition) is 0. The molecule has 0 unspecified atom stereocenters. The molecule has 7 nitrogen and oxygen atoms in total. The van der Waals surface area contributed by atoms with Crippen LogP contribution in [0.4, 0.5) is 11.4 Å². The summed E-state index contributed by atoms with van der Waals surface area (Å²) in [4.78, 5) is 28.2. The Balaban J connectivity index is 1.14. The van der Waals surface area contributed by atoms with Crippen LogP contribution >= 0.6 is 0 Å². The molecule has 0 N–H and O–H groups in total. The Hall–Kier alpha value is -3.84. The molecule has 4 heterocycles. The first-order valence-corrected chi connectivity index (χ1v) is 14.3. The maximum Gasteiger partial charge on any atom is 0.258 e. The van der Waals surface area contributed by atoms with Crippen LogP contribution in [-0.4, -0.2) is 56.7 Å². The lowest BCUT2D eigenvalue weighted by Crippen LogP contribution is -2.42. The van der Waals surface area contributed by atoms with E-state index in [4.69, 9.17) is 9.57 Å². The zero-order chi connectivity index (χ0) is 27.6. The van der Waals surface area contributed by atoms with Gasteiger partial charge in [-0.2, -0.15) is 5.06 Å². The van der Waals surface area contributed by atoms with Crippen molar-refractivity contribution in [3.05, 3.63) is 76.3 Å². The lowest BCUT2D eigenvalue weighted by molar-refractivity contribution is 0.0989. The summed E-state index contributed by atoms with van der Waals surface area (Å²) >= 11 is 0. The van der Waals surface area contributed by atoms with Gasteiger partial charge in [0.2, 0.25) is 5.90 Å². The van der Waals surface area contributed by atoms with Gasteiger partial charge in [0.15, 0.2) is 0 Å². The molecular formula is C33H36N4O3. The van der Waals surface area contributed by atoms with Gasteiger partial charge in [-0.25, -0.2) is 4.99 Å². The average molecular weight is 537 g/mol. The fourth-order valence-corrected chi connectivity index (χ4v) is 6.80. The highest BCUT2D eigenvalue weighted by Gasteiger charge is 2.44. The molecule has 0 atom stereocenters. The summed E-state index contributed by atoms with van der Waals surface area (Å²) in [7, 11) is 2.19. The third-order valence-electron chi connectivity index (χ3n) is 9.25. The topological polar surface area (TPSA) is 57.6 Å². The highest BCUT2D eigenvalue weighted by Crippen LogP contribution is 2.49. The van der Waals surface area contributed by atoms with Crippen LogP contribution in [0.5, 0.6) is 5.75 Å². The number of hydrogen-bond acceptors (Lipinski definition) is 6. The fraction of sp³-hybridized carbons (Fsp3) is 0.394. The van der Waals surface area contributed by atoms with Crippen LogP contribution in [0.2, 0.25) is 0 Å². The van der Waals surface area contributed by atoms with E-state index in [-0.39, 0.29) is 11.3 Å². The van der Waals surface area contributed by atoms with Crippen molar-refractivity contribution in [2.75, 3.05) is 49.9 Å². The summed E-state index contributed by atoms with van der Waals surface area (Å²) in [6.45, 7) is 10.2. The first-order chi connectivity index (χ1) is 19.3. The molecule has 4 aliphatic heterocycles. The van der Waals surface area contributed by atoms with Gasteiger partial charge in [0.25, 0.3) is 5.91 Å². The molecule has 0 saturated carbocycles. The maximum absolute atomic E-state index is 13.9. The van der Waals surface area contributed by atoms with Crippen LogP contribution in [0.1, 0.15) is 52.4 Å². The number of aryl methyl sites for hydroxylation is 2. The number of carbonyl (C=O) groups excluding carboxylic acids is 1. The van der Waals surface area contributed by atoms with Crippen molar-refractivity contribution >= 4 is 23.2 Å². The molecule has 3 aromatic carbocycles. The Labute approximate surface area is 236 Å². The molecule has 4 aliphatic rings. The normalized spacial score (nSPS) is 19.4. The molecule has 7 rings (SSSR count).